The van der Waals surface area contributed by atoms with E-state index in [-0.39, 0.29) is 24.3 Å². The maximum Gasteiger partial charge on any atom is 0.410 e. The molecule has 0 spiro atoms. The molecule has 0 bridgehead atoms. The van der Waals surface area contributed by atoms with Crippen molar-refractivity contribution in [1.29, 1.82) is 0 Å². The highest BCUT2D eigenvalue weighted by Gasteiger charge is 2.35. The second-order valence-corrected chi connectivity index (χ2v) is 12.0. The number of carbonyl (C=O) groups is 2. The van der Waals surface area contributed by atoms with Crippen LogP contribution >= 0.6 is 0 Å². The van der Waals surface area contributed by atoms with E-state index in [4.69, 9.17) is 4.74 Å². The molecule has 0 saturated carbocycles. The fraction of sp³-hybridized carbons (Fsp3) is 0.585. The molecular weight excluding hydrogens is 638 g/mol. The highest BCUT2D eigenvalue weighted by Crippen LogP contribution is 2.39. The molecule has 1 saturated heterocycles. The molecular formula is C41H73N7O3. The van der Waals surface area contributed by atoms with Crippen molar-refractivity contribution in [2.45, 2.75) is 107 Å². The Morgan fingerprint density at radius 2 is 1.63 bits per heavy atom. The largest absolute Gasteiger partial charge is 0.447 e. The first-order valence-corrected chi connectivity index (χ1v) is 18.7. The summed E-state index contributed by atoms with van der Waals surface area (Å²) < 4.78 is 7.37. The van der Waals surface area contributed by atoms with Crippen LogP contribution in [0.4, 0.5) is 4.79 Å². The van der Waals surface area contributed by atoms with E-state index in [2.05, 4.69) is 90.8 Å². The summed E-state index contributed by atoms with van der Waals surface area (Å²) in [6, 6.07) is 5.81. The third-order valence-electron chi connectivity index (χ3n) is 7.92. The Morgan fingerprint density at radius 3 is 2.04 bits per heavy atom. The molecule has 1 aliphatic rings. The molecule has 2 amide bonds. The van der Waals surface area contributed by atoms with Gasteiger partial charge in [0, 0.05) is 33.2 Å². The predicted molar refractivity (Wildman–Crippen MR) is 218 cm³/mol. The molecule has 1 aliphatic heterocycles. The van der Waals surface area contributed by atoms with Crippen LogP contribution in [0.3, 0.4) is 0 Å². The number of nitrogens with one attached hydrogen (secondary N) is 2. The first-order chi connectivity index (χ1) is 24.4. The van der Waals surface area contributed by atoms with Gasteiger partial charge in [0.25, 0.3) is 0 Å². The zero-order valence-electron chi connectivity index (χ0n) is 34.8. The Balaban J connectivity index is 0. The van der Waals surface area contributed by atoms with Crippen molar-refractivity contribution in [1.82, 2.24) is 34.9 Å². The molecule has 290 valence electrons. The molecule has 3 atom stereocenters. The third kappa shape index (κ3) is 15.9. The number of rotatable bonds is 13. The van der Waals surface area contributed by atoms with Gasteiger partial charge >= 0.3 is 6.09 Å². The Bertz CT molecular complexity index is 1290. The van der Waals surface area contributed by atoms with Crippen molar-refractivity contribution in [3.63, 3.8) is 0 Å². The van der Waals surface area contributed by atoms with Crippen molar-refractivity contribution in [2.24, 2.45) is 7.05 Å². The number of aromatic nitrogens is 2. The van der Waals surface area contributed by atoms with E-state index in [1.807, 2.05) is 80.9 Å². The molecule has 2 heterocycles. The molecule has 10 heteroatoms. The Labute approximate surface area is 312 Å². The quantitative estimate of drug-likeness (QED) is 0.160. The highest BCUT2D eigenvalue weighted by atomic mass is 16.6. The van der Waals surface area contributed by atoms with Gasteiger partial charge in [-0.15, -0.1) is 0 Å². The average Bonchev–Trinajstić information content (AvgIpc) is 3.56. The number of nitrogens with zero attached hydrogens (tertiary/aromatic N) is 5. The molecule has 2 aromatic rings. The normalized spacial score (nSPS) is 14.4. The van der Waals surface area contributed by atoms with E-state index in [1.165, 1.54) is 0 Å². The van der Waals surface area contributed by atoms with Gasteiger partial charge in [-0.3, -0.25) is 9.69 Å². The van der Waals surface area contributed by atoms with Gasteiger partial charge in [-0.1, -0.05) is 97.0 Å². The van der Waals surface area contributed by atoms with E-state index >= 15 is 0 Å². The van der Waals surface area contributed by atoms with Crippen LogP contribution in [0, 0.1) is 6.92 Å². The number of imidazole rings is 1. The van der Waals surface area contributed by atoms with Gasteiger partial charge in [0.05, 0.1) is 42.4 Å². The van der Waals surface area contributed by atoms with Gasteiger partial charge < -0.3 is 29.7 Å². The lowest BCUT2D eigenvalue weighted by Crippen LogP contribution is -2.53. The Hall–Kier alpha value is -3.89. The first-order valence-electron chi connectivity index (χ1n) is 18.7. The van der Waals surface area contributed by atoms with Crippen molar-refractivity contribution >= 4 is 18.1 Å². The second kappa shape index (κ2) is 27.8. The van der Waals surface area contributed by atoms with Crippen LogP contribution in [0.25, 0.3) is 5.57 Å². The molecule has 2 N–H and O–H groups in total. The number of piperazine rings is 1. The summed E-state index contributed by atoms with van der Waals surface area (Å²) in [5.74, 6) is 0. The molecule has 1 aromatic carbocycles. The van der Waals surface area contributed by atoms with Gasteiger partial charge in [-0.25, -0.2) is 9.78 Å². The minimum absolute atomic E-state index is 0.118. The lowest BCUT2D eigenvalue weighted by atomic mass is 9.84. The molecule has 1 unspecified atom stereocenters. The topological polar surface area (TPSA) is 95.0 Å². The number of benzene rings is 1. The monoisotopic (exact) mass is 712 g/mol. The van der Waals surface area contributed by atoms with Crippen LogP contribution < -0.4 is 10.6 Å². The van der Waals surface area contributed by atoms with E-state index in [0.717, 1.165) is 46.5 Å². The lowest BCUT2D eigenvalue weighted by Gasteiger charge is -2.43. The Morgan fingerprint density at radius 1 is 1.06 bits per heavy atom. The van der Waals surface area contributed by atoms with E-state index in [9.17, 15) is 9.59 Å². The van der Waals surface area contributed by atoms with Gasteiger partial charge in [-0.2, -0.15) is 0 Å². The van der Waals surface area contributed by atoms with Crippen LogP contribution in [0.5, 0.6) is 0 Å². The number of amides is 2. The molecule has 10 nitrogen and oxygen atoms in total. The number of ether oxygens (including phenoxy) is 1. The number of hydrogen-bond donors (Lipinski definition) is 2. The summed E-state index contributed by atoms with van der Waals surface area (Å²) in [5.41, 5.74) is 6.05. The smallest absolute Gasteiger partial charge is 0.410 e. The number of hydrogen-bond acceptors (Lipinski definition) is 7. The predicted octanol–water partition coefficient (Wildman–Crippen LogP) is 8.15. The van der Waals surface area contributed by atoms with Crippen LogP contribution in [0.1, 0.15) is 111 Å². The second-order valence-electron chi connectivity index (χ2n) is 12.0. The molecule has 0 radical (unpaired) electrons. The summed E-state index contributed by atoms with van der Waals surface area (Å²) in [7, 11) is 6.03. The maximum absolute atomic E-state index is 12.6. The van der Waals surface area contributed by atoms with E-state index in [1.54, 1.807) is 23.6 Å². The summed E-state index contributed by atoms with van der Waals surface area (Å²) in [4.78, 5) is 35.0. The summed E-state index contributed by atoms with van der Waals surface area (Å²) >= 11 is 0. The average molecular weight is 712 g/mol. The third-order valence-corrected chi connectivity index (χ3v) is 7.92. The van der Waals surface area contributed by atoms with Crippen LogP contribution in [0.15, 0.2) is 61.7 Å². The number of aryl methyl sites for hydroxylation is 2. The highest BCUT2D eigenvalue weighted by molar-refractivity contribution is 5.76. The fourth-order valence-electron chi connectivity index (χ4n) is 5.38. The van der Waals surface area contributed by atoms with E-state index < -0.39 is 6.04 Å². The van der Waals surface area contributed by atoms with Crippen molar-refractivity contribution in [3.8, 4) is 0 Å². The number of allylic oxidation sites excluding steroid dienone is 1. The summed E-state index contributed by atoms with van der Waals surface area (Å²) in [6.07, 6.45) is 7.57. The first kappa shape index (κ1) is 49.2. The van der Waals surface area contributed by atoms with Gasteiger partial charge in [-0.05, 0) is 78.2 Å². The Kier molecular flexibility index (Phi) is 26.8. The van der Waals surface area contributed by atoms with Crippen LogP contribution in [0.2, 0.25) is 0 Å². The van der Waals surface area contributed by atoms with E-state index in [0.29, 0.717) is 26.2 Å². The standard InChI is InChI=1S/C31H44N6O3.C4H11N.3C2H6/c1-9-24(29(34-20-38)27-18-32-19-35(27)8)26-17-23(7)11-12-25(26)30(28(21(3)4)33-10-2)36-13-15-37(16-14-36)31(39)40-22(5)6;1-4-5(2)3;3*1-2/h9-12,17-20,22,28-30,33H,2-3,13-16H2,1,4-8H3,(H,34,38);4H2,1-3H3;3*1-2H3/b24-9+;;;;/t28?,29-,30+;;;;/m1..../s1. The molecule has 51 heavy (non-hydrogen) atoms. The van der Waals surface area contributed by atoms with Crippen LogP contribution in [-0.4, -0.2) is 95.7 Å². The minimum Gasteiger partial charge on any atom is -0.447 e. The zero-order chi connectivity index (χ0) is 39.7. The van der Waals surface area contributed by atoms with Gasteiger partial charge in [0.1, 0.15) is 0 Å². The van der Waals surface area contributed by atoms with Crippen molar-refractivity contribution < 1.29 is 14.3 Å². The fourth-order valence-corrected chi connectivity index (χ4v) is 5.38. The van der Waals surface area contributed by atoms with Crippen LogP contribution in [-0.2, 0) is 16.6 Å². The van der Waals surface area contributed by atoms with Gasteiger partial charge in [0.15, 0.2) is 0 Å². The molecule has 3 rings (SSSR count). The van der Waals surface area contributed by atoms with Gasteiger partial charge in [0.2, 0.25) is 6.41 Å². The maximum atomic E-state index is 12.6. The number of carbonyl (C=O) groups excluding carboxylic acids is 2. The molecule has 1 aromatic heterocycles. The zero-order valence-corrected chi connectivity index (χ0v) is 34.8. The van der Waals surface area contributed by atoms with Crippen molar-refractivity contribution in [2.75, 3.05) is 46.8 Å². The summed E-state index contributed by atoms with van der Waals surface area (Å²) in [5, 5.41) is 6.46. The SMILES string of the molecule is C=CNC(C(=C)C)[C@H](c1ccc(C)cc1/C(=C\C)[C@@H](NC=O)c1cncn1C)N1CCN(C(=O)OC(C)C)CC1.CC.CC.CC.CCN(C)C. The molecule has 1 fully saturated rings. The van der Waals surface area contributed by atoms with Crippen molar-refractivity contribution in [3.05, 3.63) is 84.1 Å². The minimum atomic E-state index is -0.394. The lowest BCUT2D eigenvalue weighted by molar-refractivity contribution is -0.109. The summed E-state index contributed by atoms with van der Waals surface area (Å²) in [6.45, 7) is 35.8. The molecule has 0 aliphatic carbocycles.